The Kier molecular flexibility index (Phi) is 3.44. The van der Waals surface area contributed by atoms with Crippen LogP contribution in [0.3, 0.4) is 0 Å². The minimum atomic E-state index is -0.515. The molecule has 6 heteroatoms. The van der Waals surface area contributed by atoms with Crippen molar-refractivity contribution < 1.29 is 9.59 Å². The summed E-state index contributed by atoms with van der Waals surface area (Å²) in [6.45, 7) is 3.57. The molecule has 2 unspecified atom stereocenters. The van der Waals surface area contributed by atoms with Gasteiger partial charge in [-0.15, -0.1) is 11.3 Å². The zero-order valence-electron chi connectivity index (χ0n) is 9.53. The Labute approximate surface area is 103 Å². The highest BCUT2D eigenvalue weighted by atomic mass is 32.1. The molecule has 0 spiro atoms. The van der Waals surface area contributed by atoms with E-state index in [0.717, 1.165) is 6.54 Å². The minimum absolute atomic E-state index is 0.0437. The van der Waals surface area contributed by atoms with Crippen LogP contribution in [0.5, 0.6) is 0 Å². The van der Waals surface area contributed by atoms with Gasteiger partial charge in [0.05, 0.1) is 11.5 Å². The molecule has 0 aliphatic carbocycles. The maximum absolute atomic E-state index is 12.0. The third-order valence-electron chi connectivity index (χ3n) is 3.02. The Hall–Kier alpha value is -1.40. The molecule has 2 rings (SSSR count). The second kappa shape index (κ2) is 4.85. The molecule has 2 atom stereocenters. The van der Waals surface area contributed by atoms with Crippen LogP contribution in [0.15, 0.2) is 11.4 Å². The van der Waals surface area contributed by atoms with Gasteiger partial charge in [-0.2, -0.15) is 0 Å². The first-order valence-corrected chi connectivity index (χ1v) is 6.36. The van der Waals surface area contributed by atoms with Gasteiger partial charge < -0.3 is 16.4 Å². The second-order valence-electron chi connectivity index (χ2n) is 4.26. The summed E-state index contributed by atoms with van der Waals surface area (Å²) in [5, 5.41) is 8.24. The maximum Gasteiger partial charge on any atom is 0.251 e. The van der Waals surface area contributed by atoms with Gasteiger partial charge >= 0.3 is 0 Å². The highest BCUT2D eigenvalue weighted by Crippen LogP contribution is 2.25. The lowest BCUT2D eigenvalue weighted by Crippen LogP contribution is -2.28. The van der Waals surface area contributed by atoms with E-state index in [-0.39, 0.29) is 11.8 Å². The topological polar surface area (TPSA) is 84.2 Å². The number of nitrogens with one attached hydrogen (secondary N) is 2. The van der Waals surface area contributed by atoms with Crippen LogP contribution in [0.2, 0.25) is 0 Å². The smallest absolute Gasteiger partial charge is 0.251 e. The SMILES string of the molecule is CC1CNCC1C(=O)Nc1sccc1C(N)=O. The number of primary amides is 1. The lowest BCUT2D eigenvalue weighted by molar-refractivity contribution is -0.120. The van der Waals surface area contributed by atoms with E-state index in [9.17, 15) is 9.59 Å². The average Bonchev–Trinajstić information content (AvgIpc) is 2.86. The van der Waals surface area contributed by atoms with Crippen molar-refractivity contribution in [2.75, 3.05) is 18.4 Å². The molecule has 4 N–H and O–H groups in total. The Morgan fingerprint density at radius 3 is 2.88 bits per heavy atom. The van der Waals surface area contributed by atoms with Crippen molar-refractivity contribution in [1.82, 2.24) is 5.32 Å². The molecule has 0 aromatic carbocycles. The quantitative estimate of drug-likeness (QED) is 0.739. The monoisotopic (exact) mass is 253 g/mol. The van der Waals surface area contributed by atoms with Crippen molar-refractivity contribution in [3.8, 4) is 0 Å². The molecular formula is C11H15N3O2S. The third kappa shape index (κ3) is 2.48. The van der Waals surface area contributed by atoms with Crippen molar-refractivity contribution in [2.45, 2.75) is 6.92 Å². The largest absolute Gasteiger partial charge is 0.366 e. The highest BCUT2D eigenvalue weighted by molar-refractivity contribution is 7.14. The first-order chi connectivity index (χ1) is 8.09. The molecular weight excluding hydrogens is 238 g/mol. The van der Waals surface area contributed by atoms with Crippen molar-refractivity contribution in [3.05, 3.63) is 17.0 Å². The van der Waals surface area contributed by atoms with Crippen molar-refractivity contribution >= 4 is 28.2 Å². The molecule has 2 heterocycles. The zero-order valence-corrected chi connectivity index (χ0v) is 10.3. The van der Waals surface area contributed by atoms with Crippen LogP contribution in [-0.4, -0.2) is 24.9 Å². The summed E-state index contributed by atoms with van der Waals surface area (Å²) in [6.07, 6.45) is 0. The van der Waals surface area contributed by atoms with Gasteiger partial charge in [-0.3, -0.25) is 9.59 Å². The van der Waals surface area contributed by atoms with E-state index < -0.39 is 5.91 Å². The fourth-order valence-electron chi connectivity index (χ4n) is 1.97. The number of carbonyl (C=O) groups is 2. The standard InChI is InChI=1S/C11H15N3O2S/c1-6-4-13-5-8(6)10(16)14-11-7(9(12)15)2-3-17-11/h2-3,6,8,13H,4-5H2,1H3,(H2,12,15)(H,14,16). The first kappa shape index (κ1) is 12.1. The summed E-state index contributed by atoms with van der Waals surface area (Å²) in [7, 11) is 0. The minimum Gasteiger partial charge on any atom is -0.366 e. The molecule has 1 aliphatic heterocycles. The fourth-order valence-corrected chi connectivity index (χ4v) is 2.76. The molecule has 5 nitrogen and oxygen atoms in total. The highest BCUT2D eigenvalue weighted by Gasteiger charge is 2.30. The van der Waals surface area contributed by atoms with Gasteiger partial charge in [0.1, 0.15) is 5.00 Å². The second-order valence-corrected chi connectivity index (χ2v) is 5.18. The van der Waals surface area contributed by atoms with Gasteiger partial charge in [-0.05, 0) is 23.9 Å². The van der Waals surface area contributed by atoms with Crippen molar-refractivity contribution in [1.29, 1.82) is 0 Å². The predicted molar refractivity (Wildman–Crippen MR) is 67.0 cm³/mol. The summed E-state index contributed by atoms with van der Waals surface area (Å²) >= 11 is 1.31. The van der Waals surface area contributed by atoms with E-state index in [2.05, 4.69) is 10.6 Å². The Bertz CT molecular complexity index is 444. The van der Waals surface area contributed by atoms with Crippen LogP contribution in [0.25, 0.3) is 0 Å². The zero-order chi connectivity index (χ0) is 12.4. The average molecular weight is 253 g/mol. The van der Waals surface area contributed by atoms with Crippen LogP contribution < -0.4 is 16.4 Å². The van der Waals surface area contributed by atoms with Crippen molar-refractivity contribution in [2.24, 2.45) is 17.6 Å². The Morgan fingerprint density at radius 2 is 2.29 bits per heavy atom. The molecule has 17 heavy (non-hydrogen) atoms. The van der Waals surface area contributed by atoms with Gasteiger partial charge in [0, 0.05) is 6.54 Å². The first-order valence-electron chi connectivity index (χ1n) is 5.48. The molecule has 92 valence electrons. The summed E-state index contributed by atoms with van der Waals surface area (Å²) in [6, 6.07) is 1.62. The molecule has 0 saturated carbocycles. The van der Waals surface area contributed by atoms with Gasteiger partial charge in [-0.25, -0.2) is 0 Å². The molecule has 0 radical (unpaired) electrons. The third-order valence-corrected chi connectivity index (χ3v) is 3.85. The normalized spacial score (nSPS) is 23.6. The number of amides is 2. The number of anilines is 1. The number of hydrogen-bond acceptors (Lipinski definition) is 4. The van der Waals surface area contributed by atoms with Crippen LogP contribution in [-0.2, 0) is 4.79 Å². The molecule has 0 bridgehead atoms. The van der Waals surface area contributed by atoms with Crippen LogP contribution in [0.4, 0.5) is 5.00 Å². The van der Waals surface area contributed by atoms with Crippen LogP contribution >= 0.6 is 11.3 Å². The van der Waals surface area contributed by atoms with Gasteiger partial charge in [-0.1, -0.05) is 6.92 Å². The molecule has 1 fully saturated rings. The summed E-state index contributed by atoms with van der Waals surface area (Å²) in [5.74, 6) is -0.295. The van der Waals surface area contributed by atoms with Crippen molar-refractivity contribution in [3.63, 3.8) is 0 Å². The number of carbonyl (C=O) groups excluding carboxylic acids is 2. The molecule has 1 aromatic heterocycles. The van der Waals surface area contributed by atoms with E-state index in [0.29, 0.717) is 23.0 Å². The van der Waals surface area contributed by atoms with E-state index >= 15 is 0 Å². The van der Waals surface area contributed by atoms with Crippen LogP contribution in [0, 0.1) is 11.8 Å². The van der Waals surface area contributed by atoms with Gasteiger partial charge in [0.15, 0.2) is 0 Å². The van der Waals surface area contributed by atoms with E-state index in [1.807, 2.05) is 6.92 Å². The van der Waals surface area contributed by atoms with E-state index in [1.54, 1.807) is 11.4 Å². The van der Waals surface area contributed by atoms with Crippen LogP contribution in [0.1, 0.15) is 17.3 Å². The summed E-state index contributed by atoms with van der Waals surface area (Å²) < 4.78 is 0. The molecule has 2 amide bonds. The number of nitrogens with two attached hydrogens (primary N) is 1. The fraction of sp³-hybridized carbons (Fsp3) is 0.455. The van der Waals surface area contributed by atoms with E-state index in [1.165, 1.54) is 11.3 Å². The Morgan fingerprint density at radius 1 is 1.53 bits per heavy atom. The number of rotatable bonds is 3. The van der Waals surface area contributed by atoms with Gasteiger partial charge in [0.25, 0.3) is 5.91 Å². The number of hydrogen-bond donors (Lipinski definition) is 3. The number of thiophene rings is 1. The maximum atomic E-state index is 12.0. The summed E-state index contributed by atoms with van der Waals surface area (Å²) in [4.78, 5) is 23.1. The Balaban J connectivity index is 2.07. The lowest BCUT2D eigenvalue weighted by Gasteiger charge is -2.13. The van der Waals surface area contributed by atoms with Gasteiger partial charge in [0.2, 0.25) is 5.91 Å². The lowest BCUT2D eigenvalue weighted by atomic mass is 9.97. The summed E-state index contributed by atoms with van der Waals surface area (Å²) in [5.41, 5.74) is 5.60. The predicted octanol–water partition coefficient (Wildman–Crippen LogP) is 0.641. The molecule has 1 saturated heterocycles. The molecule has 1 aliphatic rings. The molecule has 1 aromatic rings. The van der Waals surface area contributed by atoms with E-state index in [4.69, 9.17) is 5.73 Å².